The molecule has 13 heavy (non-hydrogen) atoms. The fraction of sp³-hybridized carbons (Fsp3) is 0.273. The van der Waals surface area contributed by atoms with Crippen LogP contribution in [-0.4, -0.2) is 14.2 Å². The second kappa shape index (κ2) is 3.99. The molecule has 0 atom stereocenters. The van der Waals surface area contributed by atoms with Gasteiger partial charge in [0.25, 0.3) is 0 Å². The predicted octanol–water partition coefficient (Wildman–Crippen LogP) is 2.55. The molecule has 0 N–H and O–H groups in total. The quantitative estimate of drug-likeness (QED) is 0.658. The minimum absolute atomic E-state index is 0.648. The van der Waals surface area contributed by atoms with Crippen LogP contribution in [-0.2, 0) is 4.74 Å². The summed E-state index contributed by atoms with van der Waals surface area (Å²) >= 11 is 0. The highest BCUT2D eigenvalue weighted by molar-refractivity contribution is 5.55. The molecule has 0 saturated carbocycles. The molecule has 2 heteroatoms. The van der Waals surface area contributed by atoms with Crippen molar-refractivity contribution in [1.82, 2.24) is 0 Å². The van der Waals surface area contributed by atoms with Crippen LogP contribution in [0.25, 0.3) is 0 Å². The highest BCUT2D eigenvalue weighted by Gasteiger charge is 2.06. The van der Waals surface area contributed by atoms with Crippen molar-refractivity contribution in [2.45, 2.75) is 6.92 Å². The van der Waals surface area contributed by atoms with E-state index in [0.717, 1.165) is 5.69 Å². The Balaban J connectivity index is 2.95. The molecular weight excluding hydrogens is 162 g/mol. The van der Waals surface area contributed by atoms with Crippen molar-refractivity contribution >= 4 is 5.69 Å². The van der Waals surface area contributed by atoms with Crippen LogP contribution < -0.4 is 4.90 Å². The SMILES string of the molecule is C=C(OC)N(C)c1ccccc1C. The molecule has 0 fully saturated rings. The van der Waals surface area contributed by atoms with Crippen LogP contribution in [0, 0.1) is 6.92 Å². The molecule has 0 amide bonds. The van der Waals surface area contributed by atoms with E-state index in [1.807, 2.05) is 30.1 Å². The van der Waals surface area contributed by atoms with Crippen molar-refractivity contribution in [2.75, 3.05) is 19.1 Å². The number of para-hydroxylation sites is 1. The van der Waals surface area contributed by atoms with E-state index in [4.69, 9.17) is 4.74 Å². The number of nitrogens with zero attached hydrogens (tertiary/aromatic N) is 1. The lowest BCUT2D eigenvalue weighted by Crippen LogP contribution is -2.17. The summed E-state index contributed by atoms with van der Waals surface area (Å²) in [7, 11) is 3.56. The topological polar surface area (TPSA) is 12.5 Å². The molecule has 0 bridgehead atoms. The number of ether oxygens (including phenoxy) is 1. The van der Waals surface area contributed by atoms with E-state index >= 15 is 0 Å². The summed E-state index contributed by atoms with van der Waals surface area (Å²) in [5.74, 6) is 0.648. The van der Waals surface area contributed by atoms with Gasteiger partial charge >= 0.3 is 0 Å². The van der Waals surface area contributed by atoms with Gasteiger partial charge in [0, 0.05) is 12.7 Å². The van der Waals surface area contributed by atoms with Gasteiger partial charge in [-0.15, -0.1) is 0 Å². The van der Waals surface area contributed by atoms with Gasteiger partial charge in [0.1, 0.15) is 0 Å². The first kappa shape index (κ1) is 9.65. The second-order valence-corrected chi connectivity index (χ2v) is 2.94. The fourth-order valence-electron chi connectivity index (χ4n) is 1.21. The van der Waals surface area contributed by atoms with Crippen LogP contribution in [0.15, 0.2) is 36.7 Å². The summed E-state index contributed by atoms with van der Waals surface area (Å²) in [6, 6.07) is 8.12. The standard InChI is InChI=1S/C11H15NO/c1-9-7-5-6-8-11(9)12(3)10(2)13-4/h5-8H,2H2,1,3-4H3. The molecule has 1 rings (SSSR count). The number of anilines is 1. The zero-order valence-electron chi connectivity index (χ0n) is 8.37. The predicted molar refractivity (Wildman–Crippen MR) is 55.7 cm³/mol. The fourth-order valence-corrected chi connectivity index (χ4v) is 1.21. The van der Waals surface area contributed by atoms with Crippen LogP contribution in [0.2, 0.25) is 0 Å². The maximum absolute atomic E-state index is 5.05. The summed E-state index contributed by atoms with van der Waals surface area (Å²) < 4.78 is 5.05. The number of methoxy groups -OCH3 is 1. The zero-order valence-corrected chi connectivity index (χ0v) is 8.37. The van der Waals surface area contributed by atoms with Gasteiger partial charge in [-0.3, -0.25) is 0 Å². The number of benzene rings is 1. The third-order valence-corrected chi connectivity index (χ3v) is 2.09. The van der Waals surface area contributed by atoms with Crippen LogP contribution in [0.5, 0.6) is 0 Å². The van der Waals surface area contributed by atoms with Crippen molar-refractivity contribution in [3.05, 3.63) is 42.3 Å². The average Bonchev–Trinajstić information content (AvgIpc) is 2.16. The van der Waals surface area contributed by atoms with E-state index in [9.17, 15) is 0 Å². The Morgan fingerprint density at radius 1 is 1.38 bits per heavy atom. The van der Waals surface area contributed by atoms with Crippen molar-refractivity contribution in [2.24, 2.45) is 0 Å². The summed E-state index contributed by atoms with van der Waals surface area (Å²) in [5, 5.41) is 0. The molecule has 1 aromatic carbocycles. The lowest BCUT2D eigenvalue weighted by atomic mass is 10.2. The average molecular weight is 177 g/mol. The molecule has 2 nitrogen and oxygen atoms in total. The van der Waals surface area contributed by atoms with E-state index < -0.39 is 0 Å². The molecule has 0 aliphatic carbocycles. The molecule has 0 aliphatic heterocycles. The normalized spacial score (nSPS) is 9.46. The molecule has 0 unspecified atom stereocenters. The van der Waals surface area contributed by atoms with E-state index in [1.165, 1.54) is 5.56 Å². The Bertz CT molecular complexity index is 307. The second-order valence-electron chi connectivity index (χ2n) is 2.94. The van der Waals surface area contributed by atoms with E-state index in [2.05, 4.69) is 19.6 Å². The van der Waals surface area contributed by atoms with Crippen molar-refractivity contribution in [3.8, 4) is 0 Å². The lowest BCUT2D eigenvalue weighted by molar-refractivity contribution is 0.285. The largest absolute Gasteiger partial charge is 0.483 e. The third-order valence-electron chi connectivity index (χ3n) is 2.09. The van der Waals surface area contributed by atoms with Crippen molar-refractivity contribution in [1.29, 1.82) is 0 Å². The Kier molecular flexibility index (Phi) is 2.96. The van der Waals surface area contributed by atoms with Gasteiger partial charge < -0.3 is 9.64 Å². The number of rotatable bonds is 3. The van der Waals surface area contributed by atoms with E-state index in [-0.39, 0.29) is 0 Å². The van der Waals surface area contributed by atoms with Gasteiger partial charge in [0.05, 0.1) is 7.11 Å². The number of hydrogen-bond donors (Lipinski definition) is 0. The molecule has 0 spiro atoms. The molecule has 0 heterocycles. The van der Waals surface area contributed by atoms with Gasteiger partial charge in [-0.05, 0) is 25.1 Å². The van der Waals surface area contributed by atoms with Gasteiger partial charge in [-0.1, -0.05) is 18.2 Å². The first-order valence-electron chi connectivity index (χ1n) is 4.19. The molecule has 1 aromatic rings. The Labute approximate surface area is 79.4 Å². The third kappa shape index (κ3) is 2.02. The summed E-state index contributed by atoms with van der Waals surface area (Å²) in [5.41, 5.74) is 2.33. The number of hydrogen-bond acceptors (Lipinski definition) is 2. The first-order chi connectivity index (χ1) is 6.16. The van der Waals surface area contributed by atoms with E-state index in [0.29, 0.717) is 5.88 Å². The van der Waals surface area contributed by atoms with Crippen molar-refractivity contribution in [3.63, 3.8) is 0 Å². The van der Waals surface area contributed by atoms with Gasteiger partial charge in [-0.25, -0.2) is 0 Å². The maximum Gasteiger partial charge on any atom is 0.185 e. The zero-order chi connectivity index (χ0) is 9.84. The number of aryl methyl sites for hydroxylation is 1. The molecule has 0 aliphatic rings. The summed E-state index contributed by atoms with van der Waals surface area (Å²) in [4.78, 5) is 1.93. The van der Waals surface area contributed by atoms with E-state index in [1.54, 1.807) is 7.11 Å². The Hall–Kier alpha value is -1.44. The van der Waals surface area contributed by atoms with Crippen molar-refractivity contribution < 1.29 is 4.74 Å². The molecular formula is C11H15NO. The monoisotopic (exact) mass is 177 g/mol. The minimum atomic E-state index is 0.648. The van der Waals surface area contributed by atoms with Gasteiger partial charge in [0.2, 0.25) is 0 Å². The highest BCUT2D eigenvalue weighted by atomic mass is 16.5. The van der Waals surface area contributed by atoms with Crippen LogP contribution in [0.3, 0.4) is 0 Å². The lowest BCUT2D eigenvalue weighted by Gasteiger charge is -2.21. The molecule has 0 aromatic heterocycles. The van der Waals surface area contributed by atoms with Crippen LogP contribution in [0.4, 0.5) is 5.69 Å². The minimum Gasteiger partial charge on any atom is -0.483 e. The van der Waals surface area contributed by atoms with Gasteiger partial charge in [-0.2, -0.15) is 0 Å². The van der Waals surface area contributed by atoms with Gasteiger partial charge in [0.15, 0.2) is 5.88 Å². The Morgan fingerprint density at radius 2 is 2.00 bits per heavy atom. The first-order valence-corrected chi connectivity index (χ1v) is 4.19. The molecule has 70 valence electrons. The smallest absolute Gasteiger partial charge is 0.185 e. The van der Waals surface area contributed by atoms with Crippen LogP contribution >= 0.6 is 0 Å². The highest BCUT2D eigenvalue weighted by Crippen LogP contribution is 2.20. The van der Waals surface area contributed by atoms with Crippen LogP contribution in [0.1, 0.15) is 5.56 Å². The molecule has 0 radical (unpaired) electrons. The Morgan fingerprint density at radius 3 is 2.54 bits per heavy atom. The molecule has 0 saturated heterocycles. The summed E-state index contributed by atoms with van der Waals surface area (Å²) in [6.45, 7) is 5.86. The maximum atomic E-state index is 5.05. The summed E-state index contributed by atoms with van der Waals surface area (Å²) in [6.07, 6.45) is 0.